The molecule has 6 nitrogen and oxygen atoms in total. The van der Waals surface area contributed by atoms with Gasteiger partial charge < -0.3 is 18.6 Å². The maximum absolute atomic E-state index is 5.27. The highest BCUT2D eigenvalue weighted by atomic mass is 16.6. The second-order valence-corrected chi connectivity index (χ2v) is 7.83. The van der Waals surface area contributed by atoms with Crippen LogP contribution in [0.2, 0.25) is 0 Å². The Morgan fingerprint density at radius 1 is 0.708 bits per heavy atom. The molecule has 0 heterocycles. The van der Waals surface area contributed by atoms with Crippen LogP contribution in [0.15, 0.2) is 34.6 Å². The fraction of sp³-hybridized carbons (Fsp3) is 0.556. The molecule has 0 amide bonds. The number of benzene rings is 1. The molecule has 1 aromatic rings. The van der Waals surface area contributed by atoms with E-state index in [0.717, 1.165) is 33.2 Å². The first-order valence-electron chi connectivity index (χ1n) is 8.17. The molecule has 0 saturated heterocycles. The van der Waals surface area contributed by atoms with Gasteiger partial charge in [0.05, 0.1) is 54.7 Å². The van der Waals surface area contributed by atoms with Gasteiger partial charge in [-0.3, -0.25) is 0 Å². The van der Waals surface area contributed by atoms with Crippen LogP contribution in [-0.2, 0) is 9.68 Å². The lowest BCUT2D eigenvalue weighted by Gasteiger charge is -2.22. The van der Waals surface area contributed by atoms with E-state index in [1.807, 2.05) is 24.3 Å². The fourth-order valence-corrected chi connectivity index (χ4v) is 1.60. The van der Waals surface area contributed by atoms with Crippen molar-refractivity contribution in [2.75, 3.05) is 68.6 Å². The van der Waals surface area contributed by atoms with Crippen molar-refractivity contribution < 1.29 is 18.6 Å². The van der Waals surface area contributed by atoms with Gasteiger partial charge in [-0.1, -0.05) is 34.6 Å². The Morgan fingerprint density at radius 3 is 1.33 bits per heavy atom. The van der Waals surface area contributed by atoms with Crippen LogP contribution in [0.4, 0.5) is 0 Å². The average Bonchev–Trinajstić information content (AvgIpc) is 2.45. The van der Waals surface area contributed by atoms with Gasteiger partial charge >= 0.3 is 0 Å². The molecule has 1 aromatic carbocycles. The molecule has 0 fully saturated rings. The zero-order chi connectivity index (χ0) is 18.1. The molecule has 0 N–H and O–H groups in total. The number of hydrogen-bond acceptors (Lipinski definition) is 4. The summed E-state index contributed by atoms with van der Waals surface area (Å²) in [5.74, 6) is 0. The van der Waals surface area contributed by atoms with Gasteiger partial charge in [-0.05, 0) is 11.1 Å². The Morgan fingerprint density at radius 2 is 1.04 bits per heavy atom. The molecule has 0 atom stereocenters. The summed E-state index contributed by atoms with van der Waals surface area (Å²) in [7, 11) is 12.7. The molecule has 0 saturated carbocycles. The van der Waals surface area contributed by atoms with Crippen molar-refractivity contribution in [1.29, 1.82) is 0 Å². The van der Waals surface area contributed by atoms with Crippen molar-refractivity contribution in [2.45, 2.75) is 0 Å². The molecule has 24 heavy (non-hydrogen) atoms. The lowest BCUT2D eigenvalue weighted by molar-refractivity contribution is -0.870. The first-order valence-corrected chi connectivity index (χ1v) is 8.17. The number of hydrogen-bond donors (Lipinski definition) is 0. The van der Waals surface area contributed by atoms with Crippen LogP contribution in [0.5, 0.6) is 0 Å². The molecule has 0 radical (unpaired) electrons. The van der Waals surface area contributed by atoms with Crippen LogP contribution in [0.3, 0.4) is 0 Å². The lowest BCUT2D eigenvalue weighted by atomic mass is 10.2. The highest BCUT2D eigenvalue weighted by Crippen LogP contribution is 2.01. The number of nitrogens with zero attached hydrogens (tertiary/aromatic N) is 4. The molecule has 0 unspecified atom stereocenters. The predicted octanol–water partition coefficient (Wildman–Crippen LogP) is 1.80. The first kappa shape index (κ1) is 20.1. The Hall–Kier alpha value is -1.92. The topological polar surface area (TPSA) is 43.2 Å². The summed E-state index contributed by atoms with van der Waals surface area (Å²) in [5.41, 5.74) is 1.98. The molecule has 0 aliphatic carbocycles. The van der Waals surface area contributed by atoms with E-state index in [2.05, 4.69) is 52.6 Å². The highest BCUT2D eigenvalue weighted by Gasteiger charge is 2.06. The van der Waals surface area contributed by atoms with Gasteiger partial charge in [-0.2, -0.15) is 0 Å². The summed E-state index contributed by atoms with van der Waals surface area (Å²) in [6.45, 7) is 3.05. The van der Waals surface area contributed by atoms with Gasteiger partial charge in [-0.25, -0.2) is 0 Å². The minimum atomic E-state index is 0.607. The van der Waals surface area contributed by atoms with Gasteiger partial charge in [0.1, 0.15) is 13.1 Å². The van der Waals surface area contributed by atoms with Crippen molar-refractivity contribution in [2.24, 2.45) is 10.3 Å². The zero-order valence-corrected chi connectivity index (χ0v) is 15.9. The summed E-state index contributed by atoms with van der Waals surface area (Å²) in [6, 6.07) is 7.89. The number of likely N-dealkylation sites (N-methyl/N-ethyl adjacent to an activating group) is 2. The molecule has 0 aromatic heterocycles. The Labute approximate surface area is 146 Å². The van der Waals surface area contributed by atoms with E-state index in [0.29, 0.717) is 13.2 Å². The second-order valence-electron chi connectivity index (χ2n) is 7.83. The maximum atomic E-state index is 5.27. The van der Waals surface area contributed by atoms with E-state index in [4.69, 9.17) is 9.68 Å². The molecule has 0 aliphatic rings. The van der Waals surface area contributed by atoms with Crippen LogP contribution >= 0.6 is 0 Å². The van der Waals surface area contributed by atoms with E-state index in [1.165, 1.54) is 0 Å². The van der Waals surface area contributed by atoms with Crippen molar-refractivity contribution >= 4 is 12.4 Å². The van der Waals surface area contributed by atoms with E-state index < -0.39 is 0 Å². The highest BCUT2D eigenvalue weighted by molar-refractivity contribution is 5.83. The molecule has 1 rings (SSSR count). The van der Waals surface area contributed by atoms with Crippen LogP contribution in [0.25, 0.3) is 0 Å². The Balaban J connectivity index is 2.32. The third kappa shape index (κ3) is 10.7. The van der Waals surface area contributed by atoms with Gasteiger partial charge in [0.2, 0.25) is 0 Å². The summed E-state index contributed by atoms with van der Waals surface area (Å²) < 4.78 is 1.72. The molecule has 134 valence electrons. The molecular formula is C18H32N4O2+2. The quantitative estimate of drug-likeness (QED) is 0.283. The largest absolute Gasteiger partial charge is 0.390 e. The van der Waals surface area contributed by atoms with Crippen LogP contribution in [-0.4, -0.2) is 90.0 Å². The van der Waals surface area contributed by atoms with Crippen LogP contribution < -0.4 is 0 Å². The van der Waals surface area contributed by atoms with Crippen molar-refractivity contribution in [3.63, 3.8) is 0 Å². The van der Waals surface area contributed by atoms with E-state index in [-0.39, 0.29) is 0 Å². The van der Waals surface area contributed by atoms with Gasteiger partial charge in [0, 0.05) is 0 Å². The molecule has 6 heteroatoms. The normalized spacial score (nSPS) is 12.9. The predicted molar refractivity (Wildman–Crippen MR) is 99.3 cm³/mol. The lowest BCUT2D eigenvalue weighted by Crippen LogP contribution is -2.37. The monoisotopic (exact) mass is 336 g/mol. The van der Waals surface area contributed by atoms with Crippen LogP contribution in [0, 0.1) is 0 Å². The standard InChI is InChI=1S/C18H32N4O2/c1-21(2,3)11-13-23-19-15-17-7-9-18(10-8-17)16-20-24-14-12-22(4,5)6/h7-10,15-16H,11-14H2,1-6H3/q+2/b19-15-,20-16-. The molecule has 0 spiro atoms. The minimum absolute atomic E-state index is 0.607. The smallest absolute Gasteiger partial charge is 0.165 e. The first-order chi connectivity index (χ1) is 11.2. The Bertz CT molecular complexity index is 476. The number of oxime groups is 2. The van der Waals surface area contributed by atoms with Gasteiger partial charge in [-0.15, -0.1) is 0 Å². The zero-order valence-electron chi connectivity index (χ0n) is 15.9. The SMILES string of the molecule is C[N+](C)(C)CCO/N=C\c1ccc(/C=N\OCC[N+](C)(C)C)cc1. The van der Waals surface area contributed by atoms with E-state index in [9.17, 15) is 0 Å². The molecule has 0 aliphatic heterocycles. The third-order valence-electron chi connectivity index (χ3n) is 3.20. The second kappa shape index (κ2) is 9.39. The van der Waals surface area contributed by atoms with Gasteiger partial charge in [0.25, 0.3) is 0 Å². The Kier molecular flexibility index (Phi) is 7.88. The van der Waals surface area contributed by atoms with Crippen molar-refractivity contribution in [1.82, 2.24) is 0 Å². The van der Waals surface area contributed by atoms with Crippen LogP contribution in [0.1, 0.15) is 11.1 Å². The summed E-state index contributed by atoms with van der Waals surface area (Å²) in [5, 5.41) is 7.98. The average molecular weight is 336 g/mol. The fourth-order valence-electron chi connectivity index (χ4n) is 1.60. The molecule has 0 bridgehead atoms. The number of quaternary nitrogens is 2. The van der Waals surface area contributed by atoms with E-state index >= 15 is 0 Å². The van der Waals surface area contributed by atoms with Crippen molar-refractivity contribution in [3.05, 3.63) is 35.4 Å². The van der Waals surface area contributed by atoms with Crippen molar-refractivity contribution in [3.8, 4) is 0 Å². The molecular weight excluding hydrogens is 304 g/mol. The summed E-state index contributed by atoms with van der Waals surface area (Å²) in [6.07, 6.45) is 3.43. The minimum Gasteiger partial charge on any atom is -0.390 e. The maximum Gasteiger partial charge on any atom is 0.165 e. The van der Waals surface area contributed by atoms with Gasteiger partial charge in [0.15, 0.2) is 13.2 Å². The summed E-state index contributed by atoms with van der Waals surface area (Å²) in [4.78, 5) is 10.5. The van der Waals surface area contributed by atoms with E-state index in [1.54, 1.807) is 12.4 Å². The summed E-state index contributed by atoms with van der Waals surface area (Å²) >= 11 is 0. The number of rotatable bonds is 10. The third-order valence-corrected chi connectivity index (χ3v) is 3.20.